The average Bonchev–Trinajstić information content (AvgIpc) is 2.42. The Morgan fingerprint density at radius 2 is 2.10 bits per heavy atom. The van der Waals surface area contributed by atoms with Crippen LogP contribution in [0.15, 0.2) is 23.2 Å². The molecule has 1 N–H and O–H groups in total. The van der Waals surface area contributed by atoms with Gasteiger partial charge in [0.25, 0.3) is 0 Å². The molecule has 0 amide bonds. The molecule has 8 nitrogen and oxygen atoms in total. The third kappa shape index (κ3) is 4.49. The van der Waals surface area contributed by atoms with Crippen LogP contribution in [0.25, 0.3) is 0 Å². The van der Waals surface area contributed by atoms with Crippen molar-refractivity contribution in [3.63, 3.8) is 0 Å². The number of nitriles is 1. The highest BCUT2D eigenvalue weighted by Crippen LogP contribution is 2.17. The predicted octanol–water partition coefficient (Wildman–Crippen LogP) is -0.410. The van der Waals surface area contributed by atoms with Gasteiger partial charge in [0, 0.05) is 19.3 Å². The van der Waals surface area contributed by atoms with Crippen molar-refractivity contribution in [2.24, 2.45) is 0 Å². The lowest BCUT2D eigenvalue weighted by atomic mass is 10.4. The van der Waals surface area contributed by atoms with E-state index in [9.17, 15) is 13.2 Å². The summed E-state index contributed by atoms with van der Waals surface area (Å²) in [7, 11) is -0.601. The minimum Gasteiger partial charge on any atom is -0.480 e. The first-order chi connectivity index (χ1) is 9.78. The summed E-state index contributed by atoms with van der Waals surface area (Å²) in [6, 6.07) is 4.33. The highest BCUT2D eigenvalue weighted by molar-refractivity contribution is 7.89. The van der Waals surface area contributed by atoms with Gasteiger partial charge in [-0.2, -0.15) is 9.57 Å². The largest absolute Gasteiger partial charge is 0.480 e. The molecule has 0 saturated heterocycles. The molecule has 0 aliphatic heterocycles. The van der Waals surface area contributed by atoms with E-state index in [1.807, 2.05) is 0 Å². The van der Waals surface area contributed by atoms with Crippen molar-refractivity contribution in [2.45, 2.75) is 4.90 Å². The molecular formula is C12H16N4O4S. The highest BCUT2D eigenvalue weighted by atomic mass is 32.2. The molecule has 1 aromatic heterocycles. The van der Waals surface area contributed by atoms with Crippen molar-refractivity contribution in [1.29, 1.82) is 5.26 Å². The molecule has 1 aromatic rings. The highest BCUT2D eigenvalue weighted by Gasteiger charge is 2.29. The lowest BCUT2D eigenvalue weighted by Gasteiger charge is -2.22. The average molecular weight is 312 g/mol. The molecule has 0 fully saturated rings. The lowest BCUT2D eigenvalue weighted by Crippen LogP contribution is -2.40. The van der Waals surface area contributed by atoms with Crippen LogP contribution in [0.4, 0.5) is 0 Å². The molecule has 0 radical (unpaired) electrons. The summed E-state index contributed by atoms with van der Waals surface area (Å²) in [4.78, 5) is 16.0. The fourth-order valence-corrected chi connectivity index (χ4v) is 3.04. The van der Waals surface area contributed by atoms with Gasteiger partial charge in [0.05, 0.1) is 0 Å². The van der Waals surface area contributed by atoms with Gasteiger partial charge in [0.15, 0.2) is 5.69 Å². The summed E-state index contributed by atoms with van der Waals surface area (Å²) < 4.78 is 25.9. The Morgan fingerprint density at radius 1 is 1.43 bits per heavy atom. The molecule has 0 aromatic carbocycles. The van der Waals surface area contributed by atoms with Crippen molar-refractivity contribution in [3.05, 3.63) is 24.0 Å². The molecular weight excluding hydrogens is 296 g/mol. The number of hydrogen-bond acceptors (Lipinski definition) is 6. The van der Waals surface area contributed by atoms with Crippen LogP contribution < -0.4 is 0 Å². The van der Waals surface area contributed by atoms with Gasteiger partial charge < -0.3 is 10.0 Å². The third-order valence-electron chi connectivity index (χ3n) is 2.60. The Labute approximate surface area is 123 Å². The number of aromatic nitrogens is 1. The number of aliphatic carboxylic acids is 1. The van der Waals surface area contributed by atoms with Crippen LogP contribution in [0.3, 0.4) is 0 Å². The summed E-state index contributed by atoms with van der Waals surface area (Å²) in [6.45, 7) is -0.314. The van der Waals surface area contributed by atoms with Crippen LogP contribution in [0.5, 0.6) is 0 Å². The molecule has 9 heteroatoms. The number of rotatable bonds is 7. The zero-order valence-corrected chi connectivity index (χ0v) is 12.5. The second kappa shape index (κ2) is 7.12. The van der Waals surface area contributed by atoms with Crippen molar-refractivity contribution >= 4 is 16.0 Å². The number of carbonyl (C=O) groups is 1. The van der Waals surface area contributed by atoms with Gasteiger partial charge in [-0.1, -0.05) is 0 Å². The second-order valence-electron chi connectivity index (χ2n) is 4.50. The number of sulfonamides is 1. The Morgan fingerprint density at radius 3 is 2.62 bits per heavy atom. The van der Waals surface area contributed by atoms with Crippen LogP contribution >= 0.6 is 0 Å². The van der Waals surface area contributed by atoms with Crippen LogP contribution in [-0.2, 0) is 14.8 Å². The van der Waals surface area contributed by atoms with Gasteiger partial charge in [-0.25, -0.2) is 13.4 Å². The van der Waals surface area contributed by atoms with Gasteiger partial charge in [-0.15, -0.1) is 0 Å². The number of likely N-dealkylation sites (N-methyl/N-ethyl adjacent to an activating group) is 1. The molecule has 0 aliphatic rings. The third-order valence-corrected chi connectivity index (χ3v) is 4.48. The minimum atomic E-state index is -4.09. The van der Waals surface area contributed by atoms with Crippen molar-refractivity contribution in [1.82, 2.24) is 14.2 Å². The topological polar surface area (TPSA) is 115 Å². The smallest absolute Gasteiger partial charge is 0.318 e. The SMILES string of the molecule is CN(C)CCN(CC(=O)O)S(=O)(=O)c1cccnc1C#N. The van der Waals surface area contributed by atoms with Gasteiger partial charge in [-0.3, -0.25) is 4.79 Å². The molecule has 114 valence electrons. The Balaban J connectivity index is 3.20. The maximum absolute atomic E-state index is 12.5. The predicted molar refractivity (Wildman–Crippen MR) is 73.9 cm³/mol. The van der Waals surface area contributed by atoms with Gasteiger partial charge in [0.2, 0.25) is 10.0 Å². The molecule has 1 heterocycles. The monoisotopic (exact) mass is 312 g/mol. The molecule has 0 unspecified atom stereocenters. The van der Waals surface area contributed by atoms with Crippen LogP contribution in [-0.4, -0.2) is 67.4 Å². The maximum atomic E-state index is 12.5. The Hall–Kier alpha value is -2.02. The Kier molecular flexibility index (Phi) is 5.78. The summed E-state index contributed by atoms with van der Waals surface area (Å²) in [5, 5.41) is 17.8. The second-order valence-corrected chi connectivity index (χ2v) is 6.40. The van der Waals surface area contributed by atoms with Gasteiger partial charge in [0.1, 0.15) is 17.5 Å². The molecule has 0 spiro atoms. The fraction of sp³-hybridized carbons (Fsp3) is 0.417. The molecule has 1 rings (SSSR count). The molecule has 0 bridgehead atoms. The minimum absolute atomic E-state index is 0.00139. The van der Waals surface area contributed by atoms with E-state index in [1.54, 1.807) is 25.1 Å². The normalized spacial score (nSPS) is 11.6. The van der Waals surface area contributed by atoms with Crippen LogP contribution in [0.1, 0.15) is 5.69 Å². The van der Waals surface area contributed by atoms with Gasteiger partial charge >= 0.3 is 5.97 Å². The van der Waals surface area contributed by atoms with E-state index < -0.39 is 22.5 Å². The van der Waals surface area contributed by atoms with E-state index in [1.165, 1.54) is 18.3 Å². The maximum Gasteiger partial charge on any atom is 0.318 e. The van der Waals surface area contributed by atoms with Crippen molar-refractivity contribution in [2.75, 3.05) is 33.7 Å². The van der Waals surface area contributed by atoms with E-state index in [2.05, 4.69) is 4.98 Å². The summed E-state index contributed by atoms with van der Waals surface area (Å²) in [5.41, 5.74) is -0.252. The van der Waals surface area contributed by atoms with Gasteiger partial charge in [-0.05, 0) is 26.2 Å². The summed E-state index contributed by atoms with van der Waals surface area (Å²) >= 11 is 0. The van der Waals surface area contributed by atoms with E-state index in [0.29, 0.717) is 6.54 Å². The van der Waals surface area contributed by atoms with Crippen LogP contribution in [0, 0.1) is 11.3 Å². The van der Waals surface area contributed by atoms with E-state index in [0.717, 1.165) is 4.31 Å². The molecule has 0 aliphatic carbocycles. The zero-order chi connectivity index (χ0) is 16.0. The van der Waals surface area contributed by atoms with E-state index in [-0.39, 0.29) is 17.1 Å². The first-order valence-electron chi connectivity index (χ1n) is 6.01. The number of pyridine rings is 1. The summed E-state index contributed by atoms with van der Waals surface area (Å²) in [6.07, 6.45) is 1.30. The number of hydrogen-bond donors (Lipinski definition) is 1. The first-order valence-corrected chi connectivity index (χ1v) is 7.45. The zero-order valence-electron chi connectivity index (χ0n) is 11.7. The lowest BCUT2D eigenvalue weighted by molar-refractivity contribution is -0.137. The fourth-order valence-electron chi connectivity index (χ4n) is 1.57. The molecule has 0 saturated carbocycles. The summed E-state index contributed by atoms with van der Waals surface area (Å²) in [5.74, 6) is -1.26. The van der Waals surface area contributed by atoms with Crippen molar-refractivity contribution < 1.29 is 18.3 Å². The quantitative estimate of drug-likeness (QED) is 0.727. The molecule has 21 heavy (non-hydrogen) atoms. The first kappa shape index (κ1) is 17.0. The van der Waals surface area contributed by atoms with Crippen LogP contribution in [0.2, 0.25) is 0 Å². The Bertz CT molecular complexity index is 651. The van der Waals surface area contributed by atoms with E-state index >= 15 is 0 Å². The number of carboxylic acids is 1. The van der Waals surface area contributed by atoms with E-state index in [4.69, 9.17) is 10.4 Å². The molecule has 0 atom stereocenters. The number of nitrogens with zero attached hydrogens (tertiary/aromatic N) is 4. The number of carboxylic acid groups (broad SMARTS) is 1. The standard InChI is InChI=1S/C12H16N4O4S/c1-15(2)6-7-16(9-12(17)18)21(19,20)11-4-3-5-14-10(11)8-13/h3-5H,6-7,9H2,1-2H3,(H,17,18). The van der Waals surface area contributed by atoms with Crippen molar-refractivity contribution in [3.8, 4) is 6.07 Å².